The molecule has 0 fully saturated rings. The zero-order chi connectivity index (χ0) is 16.6. The molecule has 0 aliphatic rings. The van der Waals surface area contributed by atoms with E-state index in [-0.39, 0.29) is 17.5 Å². The predicted octanol–water partition coefficient (Wildman–Crippen LogP) is 2.62. The minimum absolute atomic E-state index is 0.212. The van der Waals surface area contributed by atoms with E-state index in [2.05, 4.69) is 15.5 Å². The molecule has 1 amide bonds. The molecule has 1 atom stereocenters. The molecule has 118 valence electrons. The van der Waals surface area contributed by atoms with Crippen molar-refractivity contribution in [1.29, 1.82) is 0 Å². The van der Waals surface area contributed by atoms with Crippen molar-refractivity contribution in [1.82, 2.24) is 15.5 Å². The number of aromatic amines is 1. The van der Waals surface area contributed by atoms with Crippen LogP contribution < -0.4 is 10.9 Å². The summed E-state index contributed by atoms with van der Waals surface area (Å²) in [6.45, 7) is 5.52. The summed E-state index contributed by atoms with van der Waals surface area (Å²) >= 11 is 0. The van der Waals surface area contributed by atoms with Crippen LogP contribution in [0.25, 0.3) is 10.8 Å². The van der Waals surface area contributed by atoms with Crippen molar-refractivity contribution in [2.45, 2.75) is 26.8 Å². The van der Waals surface area contributed by atoms with E-state index in [9.17, 15) is 9.59 Å². The lowest BCUT2D eigenvalue weighted by Crippen LogP contribution is -2.28. The number of carbonyl (C=O) groups is 1. The van der Waals surface area contributed by atoms with Gasteiger partial charge in [0.25, 0.3) is 11.5 Å². The fraction of sp³-hybridized carbons (Fsp3) is 0.235. The smallest absolute Gasteiger partial charge is 0.255 e. The highest BCUT2D eigenvalue weighted by Crippen LogP contribution is 2.22. The van der Waals surface area contributed by atoms with Crippen LogP contribution in [0.5, 0.6) is 0 Å². The molecule has 0 spiro atoms. The van der Waals surface area contributed by atoms with Crippen molar-refractivity contribution in [3.05, 3.63) is 63.4 Å². The Morgan fingerprint density at radius 3 is 2.61 bits per heavy atom. The summed E-state index contributed by atoms with van der Waals surface area (Å²) in [4.78, 5) is 27.1. The van der Waals surface area contributed by atoms with Crippen LogP contribution in [0.15, 0.2) is 39.8 Å². The molecule has 0 saturated heterocycles. The van der Waals surface area contributed by atoms with Gasteiger partial charge in [0, 0.05) is 22.5 Å². The molecule has 6 nitrogen and oxygen atoms in total. The van der Waals surface area contributed by atoms with Crippen LogP contribution in [0, 0.1) is 13.8 Å². The lowest BCUT2D eigenvalue weighted by atomic mass is 10.0. The van der Waals surface area contributed by atoms with E-state index in [1.165, 1.54) is 6.20 Å². The maximum atomic E-state index is 12.6. The molecule has 6 heteroatoms. The summed E-state index contributed by atoms with van der Waals surface area (Å²) in [6.07, 6.45) is 1.44. The van der Waals surface area contributed by atoms with Crippen molar-refractivity contribution in [2.75, 3.05) is 0 Å². The third-order valence-electron chi connectivity index (χ3n) is 3.92. The van der Waals surface area contributed by atoms with Gasteiger partial charge in [-0.05, 0) is 26.8 Å². The van der Waals surface area contributed by atoms with Crippen molar-refractivity contribution >= 4 is 16.7 Å². The monoisotopic (exact) mass is 311 g/mol. The van der Waals surface area contributed by atoms with Gasteiger partial charge in [-0.25, -0.2) is 0 Å². The molecule has 0 aliphatic carbocycles. The fourth-order valence-electron chi connectivity index (χ4n) is 2.85. The number of nitrogens with one attached hydrogen (secondary N) is 2. The molecule has 0 saturated carbocycles. The molecular weight excluding hydrogens is 294 g/mol. The number of fused-ring (bicyclic) bond motifs is 1. The van der Waals surface area contributed by atoms with E-state index in [1.54, 1.807) is 24.3 Å². The van der Waals surface area contributed by atoms with Gasteiger partial charge in [0.2, 0.25) is 0 Å². The second-order valence-electron chi connectivity index (χ2n) is 5.51. The lowest BCUT2D eigenvalue weighted by molar-refractivity contribution is 0.0941. The molecule has 2 heterocycles. The number of amides is 1. The van der Waals surface area contributed by atoms with E-state index in [0.717, 1.165) is 11.3 Å². The van der Waals surface area contributed by atoms with Gasteiger partial charge in [-0.1, -0.05) is 23.4 Å². The molecule has 2 aromatic heterocycles. The molecule has 0 radical (unpaired) electrons. The maximum Gasteiger partial charge on any atom is 0.255 e. The van der Waals surface area contributed by atoms with E-state index in [1.807, 2.05) is 20.8 Å². The Hall–Kier alpha value is -2.89. The molecule has 0 bridgehead atoms. The number of aryl methyl sites for hydroxylation is 2. The number of hydrogen-bond donors (Lipinski definition) is 2. The third-order valence-corrected chi connectivity index (χ3v) is 3.92. The predicted molar refractivity (Wildman–Crippen MR) is 86.4 cm³/mol. The summed E-state index contributed by atoms with van der Waals surface area (Å²) < 4.78 is 5.14. The quantitative estimate of drug-likeness (QED) is 0.778. The first-order valence-corrected chi connectivity index (χ1v) is 7.33. The highest BCUT2D eigenvalue weighted by Gasteiger charge is 2.20. The number of benzene rings is 1. The SMILES string of the molecule is Cc1noc(C)c1C(C)NC(=O)c1c[nH]c(=O)c2ccccc12. The largest absolute Gasteiger partial charge is 0.361 e. The number of carbonyl (C=O) groups excluding carboxylic acids is 1. The van der Waals surface area contributed by atoms with Gasteiger partial charge in [0.05, 0.1) is 17.3 Å². The number of hydrogen-bond acceptors (Lipinski definition) is 4. The topological polar surface area (TPSA) is 88.0 Å². The summed E-state index contributed by atoms with van der Waals surface area (Å²) in [7, 11) is 0. The summed E-state index contributed by atoms with van der Waals surface area (Å²) in [6, 6.07) is 6.78. The Labute approximate surface area is 132 Å². The Morgan fingerprint density at radius 2 is 1.96 bits per heavy atom. The van der Waals surface area contributed by atoms with Gasteiger partial charge < -0.3 is 14.8 Å². The number of pyridine rings is 1. The van der Waals surface area contributed by atoms with Gasteiger partial charge in [0.1, 0.15) is 5.76 Å². The van der Waals surface area contributed by atoms with Gasteiger partial charge in [-0.3, -0.25) is 9.59 Å². The Balaban J connectivity index is 1.96. The van der Waals surface area contributed by atoms with Crippen LogP contribution in [-0.4, -0.2) is 16.0 Å². The number of H-pyrrole nitrogens is 1. The first kappa shape index (κ1) is 15.0. The Kier molecular flexibility index (Phi) is 3.73. The van der Waals surface area contributed by atoms with Gasteiger partial charge in [0.15, 0.2) is 0 Å². The molecule has 3 aromatic rings. The van der Waals surface area contributed by atoms with Crippen molar-refractivity contribution in [3.63, 3.8) is 0 Å². The Morgan fingerprint density at radius 1 is 1.26 bits per heavy atom. The highest BCUT2D eigenvalue weighted by atomic mass is 16.5. The van der Waals surface area contributed by atoms with Crippen LogP contribution in [0.4, 0.5) is 0 Å². The summed E-state index contributed by atoms with van der Waals surface area (Å²) in [5.74, 6) is 0.423. The van der Waals surface area contributed by atoms with Gasteiger partial charge in [-0.15, -0.1) is 0 Å². The standard InChI is InChI=1S/C17H17N3O3/c1-9(15-10(2)20-23-11(15)3)19-17(22)14-8-18-16(21)13-7-5-4-6-12(13)14/h4-9H,1-3H3,(H,18,21)(H,19,22). The third kappa shape index (κ3) is 2.63. The average Bonchev–Trinajstić information content (AvgIpc) is 2.86. The Bertz CT molecular complexity index is 920. The first-order chi connectivity index (χ1) is 11.0. The minimum Gasteiger partial charge on any atom is -0.361 e. The first-order valence-electron chi connectivity index (χ1n) is 7.33. The molecule has 2 N–H and O–H groups in total. The average molecular weight is 311 g/mol. The zero-order valence-electron chi connectivity index (χ0n) is 13.1. The van der Waals surface area contributed by atoms with Crippen LogP contribution >= 0.6 is 0 Å². The molecule has 1 aromatic carbocycles. The van der Waals surface area contributed by atoms with Gasteiger partial charge in [-0.2, -0.15) is 0 Å². The van der Waals surface area contributed by atoms with E-state index in [0.29, 0.717) is 22.1 Å². The van der Waals surface area contributed by atoms with E-state index in [4.69, 9.17) is 4.52 Å². The highest BCUT2D eigenvalue weighted by molar-refractivity contribution is 6.06. The molecule has 1 unspecified atom stereocenters. The number of rotatable bonds is 3. The maximum absolute atomic E-state index is 12.6. The zero-order valence-corrected chi connectivity index (χ0v) is 13.1. The fourth-order valence-corrected chi connectivity index (χ4v) is 2.85. The summed E-state index contributed by atoms with van der Waals surface area (Å²) in [5.41, 5.74) is 1.84. The summed E-state index contributed by atoms with van der Waals surface area (Å²) in [5, 5.41) is 7.95. The normalized spacial score (nSPS) is 12.3. The van der Waals surface area contributed by atoms with Crippen LogP contribution in [0.1, 0.15) is 40.3 Å². The second kappa shape index (κ2) is 5.72. The molecule has 0 aliphatic heterocycles. The van der Waals surface area contributed by atoms with Crippen molar-refractivity contribution < 1.29 is 9.32 Å². The van der Waals surface area contributed by atoms with Crippen LogP contribution in [0.3, 0.4) is 0 Å². The molecule has 23 heavy (non-hydrogen) atoms. The second-order valence-corrected chi connectivity index (χ2v) is 5.51. The minimum atomic E-state index is -0.259. The van der Waals surface area contributed by atoms with Crippen molar-refractivity contribution in [3.8, 4) is 0 Å². The lowest BCUT2D eigenvalue weighted by Gasteiger charge is -2.14. The van der Waals surface area contributed by atoms with E-state index < -0.39 is 0 Å². The molecular formula is C17H17N3O3. The number of aromatic nitrogens is 2. The van der Waals surface area contributed by atoms with Crippen molar-refractivity contribution in [2.24, 2.45) is 0 Å². The number of nitrogens with zero attached hydrogens (tertiary/aromatic N) is 1. The molecule has 3 rings (SSSR count). The van der Waals surface area contributed by atoms with Gasteiger partial charge >= 0.3 is 0 Å². The van der Waals surface area contributed by atoms with Crippen LogP contribution in [-0.2, 0) is 0 Å². The van der Waals surface area contributed by atoms with E-state index >= 15 is 0 Å². The van der Waals surface area contributed by atoms with Crippen LogP contribution in [0.2, 0.25) is 0 Å².